The van der Waals surface area contributed by atoms with Crippen molar-refractivity contribution in [2.24, 2.45) is 0 Å². The van der Waals surface area contributed by atoms with E-state index in [4.69, 9.17) is 4.74 Å². The maximum Gasteiger partial charge on any atom is 0.214 e. The molecule has 4 nitrogen and oxygen atoms in total. The minimum absolute atomic E-state index is 0.0359. The molecule has 1 saturated heterocycles. The van der Waals surface area contributed by atoms with E-state index in [-0.39, 0.29) is 11.8 Å². The lowest BCUT2D eigenvalue weighted by molar-refractivity contribution is 0.132. The minimum atomic E-state index is -2.98. The Kier molecular flexibility index (Phi) is 3.09. The van der Waals surface area contributed by atoms with Crippen molar-refractivity contribution < 1.29 is 13.2 Å². The number of rotatable bonds is 2. The van der Waals surface area contributed by atoms with Gasteiger partial charge in [-0.25, -0.2) is 8.42 Å². The van der Waals surface area contributed by atoms with Gasteiger partial charge in [-0.05, 0) is 12.8 Å². The van der Waals surface area contributed by atoms with Crippen LogP contribution in [0.4, 0.5) is 0 Å². The summed E-state index contributed by atoms with van der Waals surface area (Å²) in [4.78, 5) is 0. The molecule has 72 valence electrons. The molecule has 0 aromatic carbocycles. The Morgan fingerprint density at radius 1 is 1.58 bits per heavy atom. The minimum Gasteiger partial charge on any atom is -0.383 e. The van der Waals surface area contributed by atoms with E-state index >= 15 is 0 Å². The number of nitrogens with zero attached hydrogens (tertiary/aromatic N) is 1. The van der Waals surface area contributed by atoms with Crippen molar-refractivity contribution >= 4 is 10.0 Å². The second-order valence-electron chi connectivity index (χ2n) is 3.08. The second kappa shape index (κ2) is 3.72. The largest absolute Gasteiger partial charge is 0.383 e. The monoisotopic (exact) mass is 193 g/mol. The molecule has 0 N–H and O–H groups in total. The van der Waals surface area contributed by atoms with Gasteiger partial charge in [-0.3, -0.25) is 0 Å². The Morgan fingerprint density at radius 3 is 2.83 bits per heavy atom. The summed E-state index contributed by atoms with van der Waals surface area (Å²) in [6.07, 6.45) is 1.66. The molecule has 0 spiro atoms. The van der Waals surface area contributed by atoms with Gasteiger partial charge in [0.05, 0.1) is 12.4 Å². The molecule has 5 heteroatoms. The molecule has 1 heterocycles. The summed E-state index contributed by atoms with van der Waals surface area (Å²) < 4.78 is 29.0. The lowest BCUT2D eigenvalue weighted by atomic mass is 10.2. The molecule has 0 bridgehead atoms. The molecule has 0 aromatic rings. The lowest BCUT2D eigenvalue weighted by Gasteiger charge is -2.31. The number of methoxy groups -OCH3 is 1. The van der Waals surface area contributed by atoms with E-state index in [1.807, 2.05) is 0 Å². The van der Waals surface area contributed by atoms with Crippen LogP contribution in [-0.2, 0) is 14.8 Å². The van der Waals surface area contributed by atoms with Gasteiger partial charge in [0.1, 0.15) is 0 Å². The fourth-order valence-electron chi connectivity index (χ4n) is 1.43. The van der Waals surface area contributed by atoms with Crippen LogP contribution in [0.2, 0.25) is 0 Å². The first kappa shape index (κ1) is 9.95. The zero-order valence-electron chi connectivity index (χ0n) is 7.49. The normalized spacial score (nSPS) is 30.3. The molecule has 1 rings (SSSR count). The van der Waals surface area contributed by atoms with Crippen LogP contribution in [0.5, 0.6) is 0 Å². The molecular formula is C7H15NO3S. The Labute approximate surface area is 73.6 Å². The van der Waals surface area contributed by atoms with Gasteiger partial charge in [0.25, 0.3) is 0 Å². The van der Waals surface area contributed by atoms with Gasteiger partial charge in [0, 0.05) is 20.2 Å². The fourth-order valence-corrected chi connectivity index (χ4v) is 2.87. The molecule has 0 aromatic heterocycles. The van der Waals surface area contributed by atoms with Crippen LogP contribution in [0.3, 0.4) is 0 Å². The molecule has 0 saturated carbocycles. The first-order valence-electron chi connectivity index (χ1n) is 4.02. The Bertz CT molecular complexity index is 235. The first-order valence-corrected chi connectivity index (χ1v) is 5.63. The Morgan fingerprint density at radius 2 is 2.25 bits per heavy atom. The molecule has 0 aliphatic carbocycles. The zero-order chi connectivity index (χ0) is 9.19. The van der Waals surface area contributed by atoms with E-state index in [1.54, 1.807) is 14.2 Å². The third-order valence-corrected chi connectivity index (χ3v) is 4.23. The molecule has 1 aliphatic rings. The topological polar surface area (TPSA) is 46.6 Å². The molecule has 0 amide bonds. The van der Waals surface area contributed by atoms with Crippen molar-refractivity contribution in [3.05, 3.63) is 0 Å². The number of sulfonamides is 1. The van der Waals surface area contributed by atoms with Gasteiger partial charge in [-0.1, -0.05) is 0 Å². The number of hydrogen-bond donors (Lipinski definition) is 0. The summed E-state index contributed by atoms with van der Waals surface area (Å²) in [5.74, 6) is 0.281. The maximum absolute atomic E-state index is 11.3. The summed E-state index contributed by atoms with van der Waals surface area (Å²) in [7, 11) is 0.236. The van der Waals surface area contributed by atoms with Crippen molar-refractivity contribution in [3.63, 3.8) is 0 Å². The molecule has 1 unspecified atom stereocenters. The zero-order valence-corrected chi connectivity index (χ0v) is 8.30. The Hall–Kier alpha value is -0.130. The maximum atomic E-state index is 11.3. The molecule has 1 fully saturated rings. The predicted octanol–water partition coefficient (Wildman–Crippen LogP) is 0.0568. The van der Waals surface area contributed by atoms with Crippen molar-refractivity contribution in [3.8, 4) is 0 Å². The molecule has 1 aliphatic heterocycles. The van der Waals surface area contributed by atoms with Crippen molar-refractivity contribution in [2.45, 2.75) is 18.9 Å². The SMILES string of the molecule is COCC1CCCS(=O)(=O)N1C. The van der Waals surface area contributed by atoms with Crippen LogP contribution in [0.15, 0.2) is 0 Å². The number of ether oxygens (including phenoxy) is 1. The van der Waals surface area contributed by atoms with Crippen LogP contribution >= 0.6 is 0 Å². The standard InChI is InChI=1S/C7H15NO3S/c1-8-7(6-11-2)4-3-5-12(8,9)10/h7H,3-6H2,1-2H3. The highest BCUT2D eigenvalue weighted by atomic mass is 32.2. The highest BCUT2D eigenvalue weighted by Crippen LogP contribution is 2.18. The summed E-state index contributed by atoms with van der Waals surface area (Å²) in [5, 5.41) is 0. The van der Waals surface area contributed by atoms with Gasteiger partial charge in [0.15, 0.2) is 0 Å². The average molecular weight is 193 g/mol. The van der Waals surface area contributed by atoms with Crippen molar-refractivity contribution in [2.75, 3.05) is 26.5 Å². The Balaban J connectivity index is 2.67. The number of likely N-dealkylation sites (N-methyl/N-ethyl adjacent to an activating group) is 1. The van der Waals surface area contributed by atoms with Crippen LogP contribution < -0.4 is 0 Å². The van der Waals surface area contributed by atoms with Crippen LogP contribution in [0.25, 0.3) is 0 Å². The first-order chi connectivity index (χ1) is 5.58. The summed E-state index contributed by atoms with van der Waals surface area (Å²) in [6, 6.07) is 0.0359. The smallest absolute Gasteiger partial charge is 0.214 e. The van der Waals surface area contributed by atoms with E-state index in [2.05, 4.69) is 0 Å². The molecular weight excluding hydrogens is 178 g/mol. The van der Waals surface area contributed by atoms with E-state index in [0.29, 0.717) is 6.61 Å². The lowest BCUT2D eigenvalue weighted by Crippen LogP contribution is -2.44. The molecule has 0 radical (unpaired) electrons. The van der Waals surface area contributed by atoms with Gasteiger partial charge >= 0.3 is 0 Å². The summed E-state index contributed by atoms with van der Waals surface area (Å²) >= 11 is 0. The highest BCUT2D eigenvalue weighted by Gasteiger charge is 2.30. The van der Waals surface area contributed by atoms with Gasteiger partial charge in [0.2, 0.25) is 10.0 Å². The third-order valence-electron chi connectivity index (χ3n) is 2.25. The second-order valence-corrected chi connectivity index (χ2v) is 5.23. The van der Waals surface area contributed by atoms with E-state index in [1.165, 1.54) is 4.31 Å². The summed E-state index contributed by atoms with van der Waals surface area (Å²) in [6.45, 7) is 0.496. The van der Waals surface area contributed by atoms with Gasteiger partial charge in [-0.2, -0.15) is 4.31 Å². The molecule has 1 atom stereocenters. The number of hydrogen-bond acceptors (Lipinski definition) is 3. The van der Waals surface area contributed by atoms with Crippen LogP contribution in [-0.4, -0.2) is 45.3 Å². The van der Waals surface area contributed by atoms with E-state index in [0.717, 1.165) is 12.8 Å². The van der Waals surface area contributed by atoms with Gasteiger partial charge < -0.3 is 4.74 Å². The van der Waals surface area contributed by atoms with Crippen LogP contribution in [0, 0.1) is 0 Å². The van der Waals surface area contributed by atoms with E-state index in [9.17, 15) is 8.42 Å². The van der Waals surface area contributed by atoms with Crippen molar-refractivity contribution in [1.29, 1.82) is 0 Å². The van der Waals surface area contributed by atoms with Crippen LogP contribution in [0.1, 0.15) is 12.8 Å². The quantitative estimate of drug-likeness (QED) is 0.623. The van der Waals surface area contributed by atoms with E-state index < -0.39 is 10.0 Å². The van der Waals surface area contributed by atoms with Crippen molar-refractivity contribution in [1.82, 2.24) is 4.31 Å². The predicted molar refractivity (Wildman–Crippen MR) is 46.4 cm³/mol. The average Bonchev–Trinajstić information content (AvgIpc) is 1.99. The fraction of sp³-hybridized carbons (Fsp3) is 1.00. The highest BCUT2D eigenvalue weighted by molar-refractivity contribution is 7.89. The third kappa shape index (κ3) is 1.97. The molecule has 12 heavy (non-hydrogen) atoms. The van der Waals surface area contributed by atoms with Gasteiger partial charge in [-0.15, -0.1) is 0 Å². The summed E-state index contributed by atoms with van der Waals surface area (Å²) in [5.41, 5.74) is 0.